The maximum absolute atomic E-state index is 13.8. The minimum atomic E-state index is -3.91. The van der Waals surface area contributed by atoms with Gasteiger partial charge in [0.05, 0.1) is 19.1 Å². The number of carbonyl (C=O) groups is 2. The van der Waals surface area contributed by atoms with Crippen LogP contribution in [-0.2, 0) is 26.2 Å². The number of sulfonamides is 1. The Hall–Kier alpha value is -3.14. The molecule has 0 bridgehead atoms. The highest BCUT2D eigenvalue weighted by molar-refractivity contribution is 7.92. The Morgan fingerprint density at radius 2 is 1.85 bits per heavy atom. The molecule has 34 heavy (non-hydrogen) atoms. The Morgan fingerprint density at radius 3 is 2.47 bits per heavy atom. The van der Waals surface area contributed by atoms with E-state index in [-0.39, 0.29) is 18.1 Å². The summed E-state index contributed by atoms with van der Waals surface area (Å²) in [4.78, 5) is 27.5. The van der Waals surface area contributed by atoms with E-state index in [4.69, 9.17) is 4.74 Å². The van der Waals surface area contributed by atoms with Crippen molar-refractivity contribution in [1.29, 1.82) is 0 Å². The first-order valence-electron chi connectivity index (χ1n) is 11.0. The van der Waals surface area contributed by atoms with Gasteiger partial charge in [0.25, 0.3) is 0 Å². The predicted molar refractivity (Wildman–Crippen MR) is 130 cm³/mol. The summed E-state index contributed by atoms with van der Waals surface area (Å²) in [6.45, 7) is 3.53. The third-order valence-electron chi connectivity index (χ3n) is 5.26. The number of methoxy groups -OCH3 is 1. The summed E-state index contributed by atoms with van der Waals surface area (Å²) in [5.41, 5.74) is 0.731. The maximum atomic E-state index is 13.8. The number of halogens is 1. The smallest absolute Gasteiger partial charge is 0.244 e. The summed E-state index contributed by atoms with van der Waals surface area (Å²) in [7, 11) is -2.39. The molecule has 186 valence electrons. The fraction of sp³-hybridized carbons (Fsp3) is 0.417. The number of carbonyl (C=O) groups excluding carboxylic acids is 2. The SMILES string of the molecule is CCCCNC(=O)[C@@H](C)N(Cc1cccc(OC)c1)C(=O)CN(c1cccc(F)c1)S(C)(=O)=O. The highest BCUT2D eigenvalue weighted by atomic mass is 32.2. The average molecular weight is 494 g/mol. The van der Waals surface area contributed by atoms with Crippen LogP contribution in [0.4, 0.5) is 10.1 Å². The lowest BCUT2D eigenvalue weighted by atomic mass is 10.1. The van der Waals surface area contributed by atoms with Crippen LogP contribution >= 0.6 is 0 Å². The van der Waals surface area contributed by atoms with Crippen LogP contribution in [0, 0.1) is 5.82 Å². The van der Waals surface area contributed by atoms with Crippen molar-refractivity contribution >= 4 is 27.5 Å². The van der Waals surface area contributed by atoms with Gasteiger partial charge in [0, 0.05) is 13.1 Å². The van der Waals surface area contributed by atoms with Crippen LogP contribution in [0.3, 0.4) is 0 Å². The van der Waals surface area contributed by atoms with E-state index in [9.17, 15) is 22.4 Å². The first kappa shape index (κ1) is 27.1. The zero-order chi connectivity index (χ0) is 25.3. The van der Waals surface area contributed by atoms with Crippen LogP contribution in [0.2, 0.25) is 0 Å². The molecule has 2 aromatic rings. The number of hydrogen-bond donors (Lipinski definition) is 1. The zero-order valence-corrected chi connectivity index (χ0v) is 20.8. The van der Waals surface area contributed by atoms with Crippen LogP contribution in [0.25, 0.3) is 0 Å². The van der Waals surface area contributed by atoms with E-state index in [0.29, 0.717) is 17.9 Å². The van der Waals surface area contributed by atoms with Crippen molar-refractivity contribution in [2.75, 3.05) is 30.8 Å². The minimum absolute atomic E-state index is 0.0252. The van der Waals surface area contributed by atoms with Gasteiger partial charge in [-0.2, -0.15) is 0 Å². The molecule has 2 amide bonds. The van der Waals surface area contributed by atoms with Gasteiger partial charge in [-0.3, -0.25) is 13.9 Å². The number of nitrogens with zero attached hydrogens (tertiary/aromatic N) is 2. The molecule has 0 unspecified atom stereocenters. The summed E-state index contributed by atoms with van der Waals surface area (Å²) < 4.78 is 44.8. The van der Waals surface area contributed by atoms with Gasteiger partial charge < -0.3 is 15.0 Å². The van der Waals surface area contributed by atoms with Crippen LogP contribution in [-0.4, -0.2) is 57.6 Å². The largest absolute Gasteiger partial charge is 0.497 e. The van der Waals surface area contributed by atoms with E-state index in [2.05, 4.69) is 5.32 Å². The lowest BCUT2D eigenvalue weighted by Crippen LogP contribution is -2.51. The molecule has 2 rings (SSSR count). The second kappa shape index (κ2) is 12.4. The molecule has 0 saturated carbocycles. The van der Waals surface area contributed by atoms with Crippen molar-refractivity contribution in [1.82, 2.24) is 10.2 Å². The van der Waals surface area contributed by atoms with Crippen molar-refractivity contribution < 1.29 is 27.1 Å². The summed E-state index contributed by atoms with van der Waals surface area (Å²) in [6, 6.07) is 11.2. The molecule has 0 aliphatic rings. The first-order chi connectivity index (χ1) is 16.1. The van der Waals surface area contributed by atoms with Crippen molar-refractivity contribution in [2.24, 2.45) is 0 Å². The number of anilines is 1. The van der Waals surface area contributed by atoms with Crippen molar-refractivity contribution in [2.45, 2.75) is 39.3 Å². The van der Waals surface area contributed by atoms with Gasteiger partial charge in [0.1, 0.15) is 24.2 Å². The molecule has 0 radical (unpaired) electrons. The number of benzene rings is 2. The lowest BCUT2D eigenvalue weighted by molar-refractivity contribution is -0.139. The molecule has 0 aliphatic heterocycles. The Kier molecular flexibility index (Phi) is 9.85. The molecule has 1 N–H and O–H groups in total. The molecule has 0 saturated heterocycles. The maximum Gasteiger partial charge on any atom is 0.244 e. The van der Waals surface area contributed by atoms with Gasteiger partial charge in [-0.1, -0.05) is 31.5 Å². The van der Waals surface area contributed by atoms with E-state index >= 15 is 0 Å². The van der Waals surface area contributed by atoms with Crippen LogP contribution in [0.15, 0.2) is 48.5 Å². The van der Waals surface area contributed by atoms with Crippen LogP contribution in [0.5, 0.6) is 5.75 Å². The van der Waals surface area contributed by atoms with Crippen molar-refractivity contribution in [3.8, 4) is 5.75 Å². The standard InChI is InChI=1S/C24H32FN3O5S/c1-5-6-13-26-24(30)18(2)27(16-19-9-7-12-22(14-19)33-3)23(29)17-28(34(4,31)32)21-11-8-10-20(25)15-21/h7-12,14-15,18H,5-6,13,16-17H2,1-4H3,(H,26,30)/t18-/m1/s1. The second-order valence-corrected chi connectivity index (χ2v) is 9.85. The van der Waals surface area contributed by atoms with Crippen LogP contribution < -0.4 is 14.4 Å². The fourth-order valence-electron chi connectivity index (χ4n) is 3.33. The number of nitrogens with one attached hydrogen (secondary N) is 1. The summed E-state index contributed by atoms with van der Waals surface area (Å²) in [5, 5.41) is 2.81. The van der Waals surface area contributed by atoms with E-state index < -0.39 is 34.3 Å². The third-order valence-corrected chi connectivity index (χ3v) is 6.40. The third kappa shape index (κ3) is 7.72. The van der Waals surface area contributed by atoms with Crippen molar-refractivity contribution in [3.63, 3.8) is 0 Å². The Bertz CT molecular complexity index is 1090. The molecular weight excluding hydrogens is 461 g/mol. The molecule has 0 aliphatic carbocycles. The van der Waals surface area contributed by atoms with Gasteiger partial charge >= 0.3 is 0 Å². The number of rotatable bonds is 12. The van der Waals surface area contributed by atoms with Gasteiger partial charge in [-0.25, -0.2) is 12.8 Å². The van der Waals surface area contributed by atoms with Gasteiger partial charge in [0.15, 0.2) is 0 Å². The highest BCUT2D eigenvalue weighted by Crippen LogP contribution is 2.21. The number of hydrogen-bond acceptors (Lipinski definition) is 5. The molecule has 8 nitrogen and oxygen atoms in total. The fourth-order valence-corrected chi connectivity index (χ4v) is 4.17. The molecule has 2 aromatic carbocycles. The quantitative estimate of drug-likeness (QED) is 0.459. The predicted octanol–water partition coefficient (Wildman–Crippen LogP) is 2.93. The number of unbranched alkanes of at least 4 members (excludes halogenated alkanes) is 1. The molecule has 0 heterocycles. The van der Waals surface area contributed by atoms with Gasteiger partial charge in [-0.05, 0) is 49.2 Å². The van der Waals surface area contributed by atoms with Gasteiger partial charge in [-0.15, -0.1) is 0 Å². The molecule has 0 spiro atoms. The summed E-state index contributed by atoms with van der Waals surface area (Å²) in [5.74, 6) is -0.991. The summed E-state index contributed by atoms with van der Waals surface area (Å²) in [6.07, 6.45) is 2.64. The average Bonchev–Trinajstić information content (AvgIpc) is 2.79. The van der Waals surface area contributed by atoms with Gasteiger partial charge in [0.2, 0.25) is 21.8 Å². The Labute approximate surface area is 200 Å². The molecule has 0 aromatic heterocycles. The Balaban J connectivity index is 2.36. The van der Waals surface area contributed by atoms with E-state index in [1.165, 1.54) is 30.2 Å². The number of amides is 2. The highest BCUT2D eigenvalue weighted by Gasteiger charge is 2.30. The van der Waals surface area contributed by atoms with E-state index in [0.717, 1.165) is 29.5 Å². The molecule has 10 heteroatoms. The lowest BCUT2D eigenvalue weighted by Gasteiger charge is -2.31. The van der Waals surface area contributed by atoms with E-state index in [1.54, 1.807) is 31.2 Å². The van der Waals surface area contributed by atoms with Crippen LogP contribution in [0.1, 0.15) is 32.3 Å². The summed E-state index contributed by atoms with van der Waals surface area (Å²) >= 11 is 0. The zero-order valence-electron chi connectivity index (χ0n) is 20.0. The molecular formula is C24H32FN3O5S. The number of ether oxygens (including phenoxy) is 1. The normalized spacial score (nSPS) is 12.0. The second-order valence-electron chi connectivity index (χ2n) is 7.94. The van der Waals surface area contributed by atoms with E-state index in [1.807, 2.05) is 6.92 Å². The minimum Gasteiger partial charge on any atom is -0.497 e. The molecule has 1 atom stereocenters. The first-order valence-corrected chi connectivity index (χ1v) is 12.8. The topological polar surface area (TPSA) is 96.0 Å². The monoisotopic (exact) mass is 493 g/mol. The molecule has 0 fully saturated rings. The van der Waals surface area contributed by atoms with Crippen molar-refractivity contribution in [3.05, 3.63) is 59.9 Å². The Morgan fingerprint density at radius 1 is 1.15 bits per heavy atom.